The van der Waals surface area contributed by atoms with Crippen LogP contribution in [0.1, 0.15) is 15.9 Å². The normalized spacial score (nSPS) is 10.2. The Balaban J connectivity index is 2.05. The van der Waals surface area contributed by atoms with E-state index in [2.05, 4.69) is 38.2 Å². The third-order valence-corrected chi connectivity index (χ3v) is 4.22. The van der Waals surface area contributed by atoms with Gasteiger partial charge in [-0.2, -0.15) is 0 Å². The predicted octanol–water partition coefficient (Wildman–Crippen LogP) is 4.43. The minimum Gasteiger partial charge on any atom is -0.317 e. The van der Waals surface area contributed by atoms with E-state index in [1.807, 2.05) is 13.0 Å². The summed E-state index contributed by atoms with van der Waals surface area (Å²) in [4.78, 5) is 16.3. The minimum absolute atomic E-state index is 0.160. The van der Waals surface area contributed by atoms with Crippen molar-refractivity contribution in [2.75, 3.05) is 5.32 Å². The number of anilines is 1. The maximum Gasteiger partial charge on any atom is 0.257 e. The molecular weight excluding hydrogens is 456 g/mol. The number of hydrogen-bond acceptors (Lipinski definition) is 3. The fraction of sp³-hybridized carbons (Fsp3) is 0.0714. The first-order chi connectivity index (χ1) is 10.4. The third-order valence-electron chi connectivity index (χ3n) is 2.69. The Morgan fingerprint density at radius 1 is 1.27 bits per heavy atom. The van der Waals surface area contributed by atoms with Crippen molar-refractivity contribution >= 4 is 74.8 Å². The first-order valence-corrected chi connectivity index (χ1v) is 8.30. The molecular formula is C14H10Cl2IN3OS. The SMILES string of the molecule is Cc1cc(I)cnc1NC(=S)NC(=O)c1ccc(Cl)c(Cl)c1. The van der Waals surface area contributed by atoms with Crippen LogP contribution in [0, 0.1) is 10.5 Å². The molecule has 114 valence electrons. The number of amides is 1. The topological polar surface area (TPSA) is 54.0 Å². The average molecular weight is 466 g/mol. The largest absolute Gasteiger partial charge is 0.317 e. The number of pyridine rings is 1. The van der Waals surface area contributed by atoms with E-state index in [0.29, 0.717) is 21.4 Å². The van der Waals surface area contributed by atoms with Crippen molar-refractivity contribution in [2.45, 2.75) is 6.92 Å². The number of benzene rings is 1. The molecule has 0 atom stereocenters. The lowest BCUT2D eigenvalue weighted by Gasteiger charge is -2.11. The smallest absolute Gasteiger partial charge is 0.257 e. The third kappa shape index (κ3) is 4.52. The van der Waals surface area contributed by atoms with Crippen LogP contribution in [0.15, 0.2) is 30.5 Å². The summed E-state index contributed by atoms with van der Waals surface area (Å²) in [6.07, 6.45) is 1.71. The molecule has 0 saturated heterocycles. The van der Waals surface area contributed by atoms with Crippen LogP contribution in [0.4, 0.5) is 5.82 Å². The molecule has 22 heavy (non-hydrogen) atoms. The molecule has 1 aromatic carbocycles. The monoisotopic (exact) mass is 465 g/mol. The Kier molecular flexibility index (Phi) is 5.96. The first kappa shape index (κ1) is 17.4. The Bertz CT molecular complexity index is 755. The highest BCUT2D eigenvalue weighted by Crippen LogP contribution is 2.22. The van der Waals surface area contributed by atoms with Gasteiger partial charge in [-0.3, -0.25) is 10.1 Å². The molecule has 1 amide bonds. The lowest BCUT2D eigenvalue weighted by Crippen LogP contribution is -2.34. The summed E-state index contributed by atoms with van der Waals surface area (Å²) in [5.74, 6) is 0.221. The van der Waals surface area contributed by atoms with Crippen LogP contribution in [0.3, 0.4) is 0 Å². The van der Waals surface area contributed by atoms with Crippen LogP contribution < -0.4 is 10.6 Å². The molecule has 0 unspecified atom stereocenters. The van der Waals surface area contributed by atoms with Gasteiger partial charge in [-0.05, 0) is 71.6 Å². The molecule has 0 aliphatic carbocycles. The maximum absolute atomic E-state index is 12.1. The van der Waals surface area contributed by atoms with E-state index in [4.69, 9.17) is 35.4 Å². The fourth-order valence-electron chi connectivity index (χ4n) is 1.62. The van der Waals surface area contributed by atoms with Crippen LogP contribution >= 0.6 is 58.0 Å². The number of carbonyl (C=O) groups excluding carboxylic acids is 1. The summed E-state index contributed by atoms with van der Waals surface area (Å²) < 4.78 is 1.02. The zero-order chi connectivity index (χ0) is 16.3. The van der Waals surface area contributed by atoms with Crippen LogP contribution in [0.2, 0.25) is 10.0 Å². The van der Waals surface area contributed by atoms with E-state index >= 15 is 0 Å². The summed E-state index contributed by atoms with van der Waals surface area (Å²) in [5.41, 5.74) is 1.30. The van der Waals surface area contributed by atoms with E-state index < -0.39 is 0 Å². The van der Waals surface area contributed by atoms with Crippen molar-refractivity contribution in [1.29, 1.82) is 0 Å². The minimum atomic E-state index is -0.376. The van der Waals surface area contributed by atoms with Crippen molar-refractivity contribution in [3.63, 3.8) is 0 Å². The van der Waals surface area contributed by atoms with Gasteiger partial charge in [0.05, 0.1) is 10.0 Å². The van der Waals surface area contributed by atoms with Crippen LogP contribution in [0.5, 0.6) is 0 Å². The lowest BCUT2D eigenvalue weighted by atomic mass is 10.2. The Labute approximate surface area is 156 Å². The van der Waals surface area contributed by atoms with Crippen LogP contribution in [-0.2, 0) is 0 Å². The van der Waals surface area contributed by atoms with E-state index in [1.165, 1.54) is 6.07 Å². The molecule has 4 nitrogen and oxygen atoms in total. The number of nitrogens with one attached hydrogen (secondary N) is 2. The summed E-state index contributed by atoms with van der Waals surface area (Å²) in [6.45, 7) is 1.90. The number of thiocarbonyl (C=S) groups is 1. The maximum atomic E-state index is 12.1. The second-order valence-corrected chi connectivity index (χ2v) is 6.82. The molecule has 0 aliphatic rings. The van der Waals surface area contributed by atoms with Gasteiger partial charge in [-0.25, -0.2) is 4.98 Å². The second-order valence-electron chi connectivity index (χ2n) is 4.36. The number of halogens is 3. The van der Waals surface area contributed by atoms with Gasteiger partial charge < -0.3 is 5.32 Å². The highest BCUT2D eigenvalue weighted by Gasteiger charge is 2.11. The number of aryl methyl sites for hydroxylation is 1. The molecule has 0 fully saturated rings. The van der Waals surface area contributed by atoms with Gasteiger partial charge in [0.15, 0.2) is 5.11 Å². The molecule has 2 rings (SSSR count). The zero-order valence-electron chi connectivity index (χ0n) is 11.3. The van der Waals surface area contributed by atoms with Gasteiger partial charge in [0.25, 0.3) is 5.91 Å². The molecule has 2 aromatic rings. The van der Waals surface area contributed by atoms with E-state index in [0.717, 1.165) is 9.13 Å². The molecule has 8 heteroatoms. The lowest BCUT2D eigenvalue weighted by molar-refractivity contribution is 0.0977. The van der Waals surface area contributed by atoms with Crippen molar-refractivity contribution in [3.8, 4) is 0 Å². The Morgan fingerprint density at radius 3 is 2.64 bits per heavy atom. The molecule has 0 aliphatic heterocycles. The van der Waals surface area contributed by atoms with Gasteiger partial charge >= 0.3 is 0 Å². The van der Waals surface area contributed by atoms with Crippen molar-refractivity contribution in [2.24, 2.45) is 0 Å². The van der Waals surface area contributed by atoms with Crippen LogP contribution in [-0.4, -0.2) is 16.0 Å². The summed E-state index contributed by atoms with van der Waals surface area (Å²) >= 11 is 19.0. The van der Waals surface area contributed by atoms with E-state index in [1.54, 1.807) is 18.3 Å². The average Bonchev–Trinajstić information content (AvgIpc) is 2.45. The van der Waals surface area contributed by atoms with Crippen LogP contribution in [0.25, 0.3) is 0 Å². The summed E-state index contributed by atoms with van der Waals surface area (Å²) in [5, 5.41) is 6.32. The highest BCUT2D eigenvalue weighted by molar-refractivity contribution is 14.1. The van der Waals surface area contributed by atoms with Gasteiger partial charge in [0, 0.05) is 15.3 Å². The number of nitrogens with zero attached hydrogens (tertiary/aromatic N) is 1. The Hall–Kier alpha value is -0.960. The molecule has 1 heterocycles. The second kappa shape index (κ2) is 7.54. The number of rotatable bonds is 2. The van der Waals surface area contributed by atoms with Crippen molar-refractivity contribution in [3.05, 3.63) is 55.2 Å². The van der Waals surface area contributed by atoms with Gasteiger partial charge in [0.2, 0.25) is 0 Å². The highest BCUT2D eigenvalue weighted by atomic mass is 127. The fourth-order valence-corrected chi connectivity index (χ4v) is 2.72. The van der Waals surface area contributed by atoms with E-state index in [-0.39, 0.29) is 11.0 Å². The first-order valence-electron chi connectivity index (χ1n) is 6.06. The number of carbonyl (C=O) groups is 1. The quantitative estimate of drug-likeness (QED) is 0.509. The summed E-state index contributed by atoms with van der Waals surface area (Å²) in [6, 6.07) is 6.57. The van der Waals surface area contributed by atoms with Gasteiger partial charge in [-0.15, -0.1) is 0 Å². The molecule has 0 spiro atoms. The molecule has 0 radical (unpaired) electrons. The number of aromatic nitrogens is 1. The Morgan fingerprint density at radius 2 is 2.00 bits per heavy atom. The van der Waals surface area contributed by atoms with Gasteiger partial charge in [-0.1, -0.05) is 23.2 Å². The standard InChI is InChI=1S/C14H10Cl2IN3OS/c1-7-4-9(17)6-18-12(7)19-14(22)20-13(21)8-2-3-10(15)11(16)5-8/h2-6H,1H3,(H2,18,19,20,21,22). The molecule has 0 saturated carbocycles. The zero-order valence-corrected chi connectivity index (χ0v) is 15.8. The predicted molar refractivity (Wildman–Crippen MR) is 102 cm³/mol. The van der Waals surface area contributed by atoms with Crippen molar-refractivity contribution < 1.29 is 4.79 Å². The number of hydrogen-bond donors (Lipinski definition) is 2. The van der Waals surface area contributed by atoms with E-state index in [9.17, 15) is 4.79 Å². The summed E-state index contributed by atoms with van der Waals surface area (Å²) in [7, 11) is 0. The molecule has 2 N–H and O–H groups in total. The van der Waals surface area contributed by atoms with Crippen molar-refractivity contribution in [1.82, 2.24) is 10.3 Å². The molecule has 1 aromatic heterocycles. The molecule has 0 bridgehead atoms. The van der Waals surface area contributed by atoms with Gasteiger partial charge in [0.1, 0.15) is 5.82 Å².